The van der Waals surface area contributed by atoms with E-state index in [1.54, 1.807) is 6.20 Å². The molecule has 0 fully saturated rings. The summed E-state index contributed by atoms with van der Waals surface area (Å²) in [4.78, 5) is 9.50. The molecule has 5 aromatic carbocycles. The second-order valence-corrected chi connectivity index (χ2v) is 10.7. The number of pyridine rings is 2. The van der Waals surface area contributed by atoms with E-state index in [1.807, 2.05) is 18.3 Å². The molecule has 0 atom stereocenters. The van der Waals surface area contributed by atoms with Crippen molar-refractivity contribution in [3.8, 4) is 22.8 Å². The molecule has 196 valence electrons. The summed E-state index contributed by atoms with van der Waals surface area (Å²) in [6.45, 7) is 0. The highest BCUT2D eigenvalue weighted by molar-refractivity contribution is 6.22. The summed E-state index contributed by atoms with van der Waals surface area (Å²) >= 11 is 0. The van der Waals surface area contributed by atoms with Gasteiger partial charge in [0.05, 0.1) is 27.8 Å². The number of hydrogen-bond acceptors (Lipinski definition) is 2. The number of hydrogen-bond donors (Lipinski definition) is 0. The maximum atomic E-state index is 5.17. The molecule has 9 aromatic rings. The SMILES string of the molecule is c1ccc(-n2c3ccccc3c3cc4ccc5c6ccccc6n(-c6cccc(-c7cccnc7)n6)c5c4cc32)cc1. The Balaban J connectivity index is 1.43. The second-order valence-electron chi connectivity index (χ2n) is 10.7. The molecule has 4 heteroatoms. The van der Waals surface area contributed by atoms with Gasteiger partial charge in [-0.2, -0.15) is 0 Å². The molecule has 9 rings (SSSR count). The predicted octanol–water partition coefficient (Wildman–Crippen LogP) is 9.49. The molecule has 0 saturated heterocycles. The van der Waals surface area contributed by atoms with Crippen LogP contribution in [0.4, 0.5) is 0 Å². The van der Waals surface area contributed by atoms with Gasteiger partial charge in [0.1, 0.15) is 5.82 Å². The minimum atomic E-state index is 0.888. The van der Waals surface area contributed by atoms with E-state index in [2.05, 4.69) is 135 Å². The van der Waals surface area contributed by atoms with E-state index in [9.17, 15) is 0 Å². The van der Waals surface area contributed by atoms with Crippen molar-refractivity contribution in [2.24, 2.45) is 0 Å². The molecule has 4 aromatic heterocycles. The molecule has 0 radical (unpaired) electrons. The summed E-state index contributed by atoms with van der Waals surface area (Å²) in [5.41, 5.74) is 7.75. The van der Waals surface area contributed by atoms with Gasteiger partial charge in [-0.25, -0.2) is 4.98 Å². The molecule has 0 aliphatic heterocycles. The van der Waals surface area contributed by atoms with Crippen LogP contribution in [0, 0.1) is 0 Å². The van der Waals surface area contributed by atoms with Gasteiger partial charge >= 0.3 is 0 Å². The second kappa shape index (κ2) is 8.88. The van der Waals surface area contributed by atoms with Crippen molar-refractivity contribution >= 4 is 54.4 Å². The Labute approximate surface area is 241 Å². The quantitative estimate of drug-likeness (QED) is 0.225. The fourth-order valence-corrected chi connectivity index (χ4v) is 6.56. The first kappa shape index (κ1) is 23.0. The Morgan fingerprint density at radius 2 is 1.24 bits per heavy atom. The summed E-state index contributed by atoms with van der Waals surface area (Å²) in [6.07, 6.45) is 3.66. The summed E-state index contributed by atoms with van der Waals surface area (Å²) in [5.74, 6) is 0.888. The van der Waals surface area contributed by atoms with Crippen molar-refractivity contribution in [1.29, 1.82) is 0 Å². The highest BCUT2D eigenvalue weighted by Gasteiger charge is 2.19. The van der Waals surface area contributed by atoms with Gasteiger partial charge in [-0.1, -0.05) is 72.8 Å². The lowest BCUT2D eigenvalue weighted by molar-refractivity contribution is 1.09. The molecular formula is C38H24N4. The van der Waals surface area contributed by atoms with Crippen LogP contribution in [0.2, 0.25) is 0 Å². The van der Waals surface area contributed by atoms with E-state index in [1.165, 1.54) is 43.4 Å². The highest BCUT2D eigenvalue weighted by Crippen LogP contribution is 2.40. The molecule has 0 aliphatic rings. The third-order valence-electron chi connectivity index (χ3n) is 8.38. The zero-order valence-corrected chi connectivity index (χ0v) is 22.6. The summed E-state index contributed by atoms with van der Waals surface area (Å²) in [7, 11) is 0. The monoisotopic (exact) mass is 536 g/mol. The van der Waals surface area contributed by atoms with Crippen LogP contribution < -0.4 is 0 Å². The molecule has 42 heavy (non-hydrogen) atoms. The van der Waals surface area contributed by atoms with Gasteiger partial charge < -0.3 is 4.57 Å². The van der Waals surface area contributed by atoms with Gasteiger partial charge in [0.15, 0.2) is 0 Å². The molecule has 0 saturated carbocycles. The lowest BCUT2D eigenvalue weighted by Crippen LogP contribution is -1.99. The van der Waals surface area contributed by atoms with E-state index < -0.39 is 0 Å². The normalized spacial score (nSPS) is 11.8. The summed E-state index contributed by atoms with van der Waals surface area (Å²) in [5, 5.41) is 7.34. The van der Waals surface area contributed by atoms with Crippen molar-refractivity contribution in [3.63, 3.8) is 0 Å². The number of benzene rings is 5. The highest BCUT2D eigenvalue weighted by atomic mass is 15.1. The first-order valence-electron chi connectivity index (χ1n) is 14.2. The van der Waals surface area contributed by atoms with Crippen LogP contribution in [-0.4, -0.2) is 19.1 Å². The molecular weight excluding hydrogens is 512 g/mol. The summed E-state index contributed by atoms with van der Waals surface area (Å²) in [6, 6.07) is 47.5. The molecule has 4 heterocycles. The number of aromatic nitrogens is 4. The molecule has 4 nitrogen and oxygen atoms in total. The van der Waals surface area contributed by atoms with Gasteiger partial charge in [0.2, 0.25) is 0 Å². The number of fused-ring (bicyclic) bond motifs is 8. The third-order valence-corrected chi connectivity index (χ3v) is 8.38. The van der Waals surface area contributed by atoms with E-state index in [0.29, 0.717) is 0 Å². The van der Waals surface area contributed by atoms with Crippen LogP contribution in [-0.2, 0) is 0 Å². The van der Waals surface area contributed by atoms with Crippen LogP contribution >= 0.6 is 0 Å². The van der Waals surface area contributed by atoms with E-state index in [4.69, 9.17) is 4.98 Å². The largest absolute Gasteiger partial charge is 0.309 e. The van der Waals surface area contributed by atoms with E-state index in [0.717, 1.165) is 33.8 Å². The van der Waals surface area contributed by atoms with Gasteiger partial charge in [-0.05, 0) is 66.0 Å². The standard InChI is InChI=1S/C38H24N4/c1-2-11-27(12-3-1)41-34-16-6-5-14-29(34)32-22-25-19-20-30-28-13-4-7-17-35(28)42(38(30)31(25)23-36(32)41)37-18-8-15-33(40-37)26-10-9-21-39-24-26/h1-24H. The first-order chi connectivity index (χ1) is 20.8. The van der Waals surface area contributed by atoms with Crippen molar-refractivity contribution < 1.29 is 0 Å². The Morgan fingerprint density at radius 3 is 2.05 bits per heavy atom. The number of rotatable bonds is 3. The minimum Gasteiger partial charge on any atom is -0.309 e. The van der Waals surface area contributed by atoms with Crippen LogP contribution in [0.3, 0.4) is 0 Å². The smallest absolute Gasteiger partial charge is 0.138 e. The lowest BCUT2D eigenvalue weighted by Gasteiger charge is -2.12. The van der Waals surface area contributed by atoms with Crippen LogP contribution in [0.25, 0.3) is 77.1 Å². The Kier molecular flexibility index (Phi) is 4.87. The topological polar surface area (TPSA) is 35.6 Å². The maximum Gasteiger partial charge on any atom is 0.138 e. The van der Waals surface area contributed by atoms with Crippen LogP contribution in [0.5, 0.6) is 0 Å². The van der Waals surface area contributed by atoms with Crippen molar-refractivity contribution in [2.45, 2.75) is 0 Å². The fraction of sp³-hybridized carbons (Fsp3) is 0. The zero-order valence-electron chi connectivity index (χ0n) is 22.6. The van der Waals surface area contributed by atoms with Crippen molar-refractivity contribution in [1.82, 2.24) is 19.1 Å². The number of nitrogens with zero attached hydrogens (tertiary/aromatic N) is 4. The minimum absolute atomic E-state index is 0.888. The average molecular weight is 537 g/mol. The Hall–Kier alpha value is -5.74. The maximum absolute atomic E-state index is 5.17. The van der Waals surface area contributed by atoms with Crippen LogP contribution in [0.1, 0.15) is 0 Å². The molecule has 0 unspecified atom stereocenters. The fourth-order valence-electron chi connectivity index (χ4n) is 6.56. The van der Waals surface area contributed by atoms with E-state index >= 15 is 0 Å². The lowest BCUT2D eigenvalue weighted by atomic mass is 10.0. The molecule has 0 N–H and O–H groups in total. The van der Waals surface area contributed by atoms with Crippen molar-refractivity contribution in [3.05, 3.63) is 146 Å². The first-order valence-corrected chi connectivity index (χ1v) is 14.2. The molecule has 0 spiro atoms. The summed E-state index contributed by atoms with van der Waals surface area (Å²) < 4.78 is 4.71. The molecule has 0 aliphatic carbocycles. The number of para-hydroxylation sites is 3. The van der Waals surface area contributed by atoms with Crippen LogP contribution in [0.15, 0.2) is 146 Å². The molecule has 0 amide bonds. The zero-order chi connectivity index (χ0) is 27.6. The van der Waals surface area contributed by atoms with E-state index in [-0.39, 0.29) is 0 Å². The average Bonchev–Trinajstić information content (AvgIpc) is 3.57. The third kappa shape index (κ3) is 3.29. The van der Waals surface area contributed by atoms with Gasteiger partial charge in [0.25, 0.3) is 0 Å². The van der Waals surface area contributed by atoms with Gasteiger partial charge in [0, 0.05) is 50.6 Å². The Morgan fingerprint density at radius 1 is 0.476 bits per heavy atom. The molecule has 0 bridgehead atoms. The Bertz CT molecular complexity index is 2450. The van der Waals surface area contributed by atoms with Gasteiger partial charge in [-0.15, -0.1) is 0 Å². The predicted molar refractivity (Wildman–Crippen MR) is 174 cm³/mol. The van der Waals surface area contributed by atoms with Crippen molar-refractivity contribution in [2.75, 3.05) is 0 Å². The van der Waals surface area contributed by atoms with Gasteiger partial charge in [-0.3, -0.25) is 9.55 Å².